The molecule has 0 saturated heterocycles. The third-order valence-electron chi connectivity index (χ3n) is 4.45. The summed E-state index contributed by atoms with van der Waals surface area (Å²) in [5, 5.41) is 0. The highest BCUT2D eigenvalue weighted by Gasteiger charge is 2.19. The lowest BCUT2D eigenvalue weighted by atomic mass is 10.1. The number of carbonyl (C=O) groups excluding carboxylic acids is 1. The zero-order valence-corrected chi connectivity index (χ0v) is 15.0. The SMILES string of the molecule is CN(Cc1nc2ccc(F)cc2[nH]1)C(=O)c1ccccc1-c1nccn1C. The third kappa shape index (κ3) is 3.19. The van der Waals surface area contributed by atoms with Gasteiger partial charge in [-0.1, -0.05) is 18.2 Å². The zero-order valence-electron chi connectivity index (χ0n) is 15.0. The van der Waals surface area contributed by atoms with Crippen LogP contribution in [-0.4, -0.2) is 37.4 Å². The Morgan fingerprint density at radius 2 is 2.07 bits per heavy atom. The van der Waals surface area contributed by atoms with Crippen LogP contribution >= 0.6 is 0 Å². The molecule has 2 aromatic heterocycles. The number of aryl methyl sites for hydroxylation is 1. The maximum absolute atomic E-state index is 13.3. The molecule has 1 N–H and O–H groups in total. The lowest BCUT2D eigenvalue weighted by Gasteiger charge is -2.18. The third-order valence-corrected chi connectivity index (χ3v) is 4.45. The van der Waals surface area contributed by atoms with Crippen LogP contribution in [0.3, 0.4) is 0 Å². The number of amides is 1. The van der Waals surface area contributed by atoms with E-state index in [1.807, 2.05) is 36.0 Å². The summed E-state index contributed by atoms with van der Waals surface area (Å²) in [6, 6.07) is 11.8. The van der Waals surface area contributed by atoms with Crippen molar-refractivity contribution in [2.24, 2.45) is 7.05 Å². The van der Waals surface area contributed by atoms with Crippen molar-refractivity contribution in [3.8, 4) is 11.4 Å². The number of halogens is 1. The van der Waals surface area contributed by atoms with Crippen molar-refractivity contribution in [1.29, 1.82) is 0 Å². The summed E-state index contributed by atoms with van der Waals surface area (Å²) in [5.74, 6) is 0.860. The average molecular weight is 363 g/mol. The van der Waals surface area contributed by atoms with Crippen LogP contribution in [0, 0.1) is 5.82 Å². The van der Waals surface area contributed by atoms with Crippen molar-refractivity contribution in [3.63, 3.8) is 0 Å². The van der Waals surface area contributed by atoms with Gasteiger partial charge in [0, 0.05) is 32.1 Å². The maximum atomic E-state index is 13.3. The molecule has 1 amide bonds. The van der Waals surface area contributed by atoms with E-state index in [-0.39, 0.29) is 18.3 Å². The number of imidazole rings is 2. The molecule has 4 rings (SSSR count). The van der Waals surface area contributed by atoms with Crippen LogP contribution in [0.1, 0.15) is 16.2 Å². The smallest absolute Gasteiger partial charge is 0.254 e. The van der Waals surface area contributed by atoms with Crippen LogP contribution < -0.4 is 0 Å². The number of benzene rings is 2. The Hall–Kier alpha value is -3.48. The Morgan fingerprint density at radius 1 is 1.26 bits per heavy atom. The lowest BCUT2D eigenvalue weighted by Crippen LogP contribution is -2.27. The van der Waals surface area contributed by atoms with Gasteiger partial charge in [-0.15, -0.1) is 0 Å². The minimum atomic E-state index is -0.328. The van der Waals surface area contributed by atoms with Crippen molar-refractivity contribution in [3.05, 3.63) is 72.1 Å². The van der Waals surface area contributed by atoms with Gasteiger partial charge in [0.25, 0.3) is 5.91 Å². The van der Waals surface area contributed by atoms with Crippen LogP contribution in [0.4, 0.5) is 4.39 Å². The quantitative estimate of drug-likeness (QED) is 0.604. The van der Waals surface area contributed by atoms with E-state index in [9.17, 15) is 9.18 Å². The van der Waals surface area contributed by atoms with Crippen molar-refractivity contribution in [1.82, 2.24) is 24.4 Å². The molecule has 2 heterocycles. The van der Waals surface area contributed by atoms with Crippen LogP contribution in [0.2, 0.25) is 0 Å². The van der Waals surface area contributed by atoms with Gasteiger partial charge in [-0.05, 0) is 24.3 Å². The molecule has 2 aromatic carbocycles. The number of H-pyrrole nitrogens is 1. The first kappa shape index (κ1) is 17.0. The minimum Gasteiger partial charge on any atom is -0.340 e. The molecule has 0 saturated carbocycles. The van der Waals surface area contributed by atoms with Crippen LogP contribution in [0.5, 0.6) is 0 Å². The number of nitrogens with zero attached hydrogens (tertiary/aromatic N) is 4. The highest BCUT2D eigenvalue weighted by Crippen LogP contribution is 2.23. The Labute approximate surface area is 155 Å². The molecular formula is C20H18FN5O. The van der Waals surface area contributed by atoms with Gasteiger partial charge in [-0.25, -0.2) is 14.4 Å². The van der Waals surface area contributed by atoms with Gasteiger partial charge in [0.15, 0.2) is 0 Å². The molecular weight excluding hydrogens is 345 g/mol. The summed E-state index contributed by atoms with van der Waals surface area (Å²) in [5.41, 5.74) is 2.62. The molecule has 4 aromatic rings. The normalized spacial score (nSPS) is 11.1. The van der Waals surface area contributed by atoms with Gasteiger partial charge in [-0.2, -0.15) is 0 Å². The summed E-state index contributed by atoms with van der Waals surface area (Å²) in [6.45, 7) is 0.282. The minimum absolute atomic E-state index is 0.139. The van der Waals surface area contributed by atoms with Crippen LogP contribution in [-0.2, 0) is 13.6 Å². The van der Waals surface area contributed by atoms with E-state index in [1.165, 1.54) is 12.1 Å². The standard InChI is InChI=1S/C20H18FN5O/c1-25-10-9-22-19(25)14-5-3-4-6-15(14)20(27)26(2)12-18-23-16-8-7-13(21)11-17(16)24-18/h3-11H,12H2,1-2H3,(H,23,24). The van der Waals surface area contributed by atoms with Gasteiger partial charge in [0.05, 0.1) is 23.1 Å². The number of hydrogen-bond donors (Lipinski definition) is 1. The van der Waals surface area contributed by atoms with Crippen molar-refractivity contribution in [2.75, 3.05) is 7.05 Å². The Kier molecular flexibility index (Phi) is 4.19. The second-order valence-corrected chi connectivity index (χ2v) is 6.41. The second-order valence-electron chi connectivity index (χ2n) is 6.41. The van der Waals surface area contributed by atoms with Crippen LogP contribution in [0.15, 0.2) is 54.9 Å². The van der Waals surface area contributed by atoms with Crippen LogP contribution in [0.25, 0.3) is 22.4 Å². The molecule has 0 radical (unpaired) electrons. The largest absolute Gasteiger partial charge is 0.340 e. The monoisotopic (exact) mass is 363 g/mol. The highest BCUT2D eigenvalue weighted by molar-refractivity contribution is 6.00. The summed E-state index contributed by atoms with van der Waals surface area (Å²) < 4.78 is 15.2. The van der Waals surface area contributed by atoms with Gasteiger partial charge in [-0.3, -0.25) is 4.79 Å². The van der Waals surface area contributed by atoms with E-state index >= 15 is 0 Å². The second kappa shape index (κ2) is 6.68. The maximum Gasteiger partial charge on any atom is 0.254 e. The fourth-order valence-corrected chi connectivity index (χ4v) is 3.10. The predicted octanol–water partition coefficient (Wildman–Crippen LogP) is 3.37. The fraction of sp³-hybridized carbons (Fsp3) is 0.150. The summed E-state index contributed by atoms with van der Waals surface area (Å²) in [4.78, 5) is 26.4. The van der Waals surface area contributed by atoms with Crippen molar-refractivity contribution in [2.45, 2.75) is 6.54 Å². The van der Waals surface area contributed by atoms with E-state index in [1.54, 1.807) is 30.3 Å². The number of aromatic amines is 1. The van der Waals surface area contributed by atoms with E-state index in [2.05, 4.69) is 15.0 Å². The van der Waals surface area contributed by atoms with E-state index < -0.39 is 0 Å². The summed E-state index contributed by atoms with van der Waals surface area (Å²) in [7, 11) is 3.60. The van der Waals surface area contributed by atoms with Gasteiger partial charge in [0.1, 0.15) is 17.5 Å². The number of carbonyl (C=O) groups is 1. The number of nitrogens with one attached hydrogen (secondary N) is 1. The molecule has 27 heavy (non-hydrogen) atoms. The highest BCUT2D eigenvalue weighted by atomic mass is 19.1. The molecule has 0 unspecified atom stereocenters. The van der Waals surface area contributed by atoms with Gasteiger partial charge >= 0.3 is 0 Å². The fourth-order valence-electron chi connectivity index (χ4n) is 3.10. The first-order valence-corrected chi connectivity index (χ1v) is 8.49. The molecule has 0 atom stereocenters. The number of hydrogen-bond acceptors (Lipinski definition) is 3. The topological polar surface area (TPSA) is 66.8 Å². The Bertz CT molecular complexity index is 1130. The van der Waals surface area contributed by atoms with Gasteiger partial charge < -0.3 is 14.5 Å². The Morgan fingerprint density at radius 3 is 2.85 bits per heavy atom. The molecule has 136 valence electrons. The van der Waals surface area contributed by atoms with Crippen molar-refractivity contribution < 1.29 is 9.18 Å². The van der Waals surface area contributed by atoms with Crippen molar-refractivity contribution >= 4 is 16.9 Å². The van der Waals surface area contributed by atoms with Gasteiger partial charge in [0.2, 0.25) is 0 Å². The molecule has 0 spiro atoms. The molecule has 0 aliphatic carbocycles. The predicted molar refractivity (Wildman–Crippen MR) is 100 cm³/mol. The average Bonchev–Trinajstić information content (AvgIpc) is 3.26. The summed E-state index contributed by atoms with van der Waals surface area (Å²) >= 11 is 0. The zero-order chi connectivity index (χ0) is 19.0. The first-order chi connectivity index (χ1) is 13.0. The molecule has 0 aliphatic heterocycles. The Balaban J connectivity index is 1.62. The number of aromatic nitrogens is 4. The molecule has 0 bridgehead atoms. The number of fused-ring (bicyclic) bond motifs is 1. The molecule has 0 aliphatic rings. The van der Waals surface area contributed by atoms with E-state index in [4.69, 9.17) is 0 Å². The summed E-state index contributed by atoms with van der Waals surface area (Å²) in [6.07, 6.45) is 3.54. The molecule has 6 nitrogen and oxygen atoms in total. The molecule has 0 fully saturated rings. The number of rotatable bonds is 4. The van der Waals surface area contributed by atoms with E-state index in [0.717, 1.165) is 11.4 Å². The molecule has 7 heteroatoms. The van der Waals surface area contributed by atoms with E-state index in [0.29, 0.717) is 22.4 Å². The first-order valence-electron chi connectivity index (χ1n) is 8.49. The lowest BCUT2D eigenvalue weighted by molar-refractivity contribution is 0.0782.